The molecule has 0 unspecified atom stereocenters. The quantitative estimate of drug-likeness (QED) is 0.897. The summed E-state index contributed by atoms with van der Waals surface area (Å²) >= 11 is 12.0. The normalized spacial score (nSPS) is 10.7. The van der Waals surface area contributed by atoms with Crippen molar-refractivity contribution in [3.63, 3.8) is 0 Å². The van der Waals surface area contributed by atoms with Gasteiger partial charge in [0.1, 0.15) is 5.82 Å². The van der Waals surface area contributed by atoms with E-state index in [1.54, 1.807) is 23.0 Å². The zero-order chi connectivity index (χ0) is 11.7. The van der Waals surface area contributed by atoms with Gasteiger partial charge >= 0.3 is 0 Å². The van der Waals surface area contributed by atoms with Crippen LogP contribution in [0.4, 0.5) is 5.82 Å². The van der Waals surface area contributed by atoms with Gasteiger partial charge in [0.25, 0.3) is 0 Å². The number of rotatable bonds is 2. The van der Waals surface area contributed by atoms with Crippen LogP contribution in [-0.2, 0) is 6.54 Å². The molecule has 5 heteroatoms. The molecule has 0 spiro atoms. The van der Waals surface area contributed by atoms with Gasteiger partial charge in [0.2, 0.25) is 0 Å². The van der Waals surface area contributed by atoms with Crippen LogP contribution in [0.1, 0.15) is 11.1 Å². The first-order valence-corrected chi connectivity index (χ1v) is 5.55. The summed E-state index contributed by atoms with van der Waals surface area (Å²) in [6.07, 6.45) is 1.73. The highest BCUT2D eigenvalue weighted by Crippen LogP contribution is 2.22. The van der Waals surface area contributed by atoms with Gasteiger partial charge in [0, 0.05) is 15.6 Å². The molecule has 0 atom stereocenters. The van der Waals surface area contributed by atoms with E-state index in [0.717, 1.165) is 11.1 Å². The van der Waals surface area contributed by atoms with E-state index in [1.807, 2.05) is 13.0 Å². The van der Waals surface area contributed by atoms with E-state index >= 15 is 0 Å². The van der Waals surface area contributed by atoms with Crippen LogP contribution < -0.4 is 5.73 Å². The van der Waals surface area contributed by atoms with E-state index in [4.69, 9.17) is 28.9 Å². The van der Waals surface area contributed by atoms with Gasteiger partial charge in [-0.1, -0.05) is 23.2 Å². The summed E-state index contributed by atoms with van der Waals surface area (Å²) in [6, 6.07) is 5.34. The first-order valence-electron chi connectivity index (χ1n) is 4.79. The third kappa shape index (κ3) is 2.15. The Balaban J connectivity index is 2.33. The van der Waals surface area contributed by atoms with Gasteiger partial charge in [-0.25, -0.2) is 4.68 Å². The Kier molecular flexibility index (Phi) is 3.08. The van der Waals surface area contributed by atoms with Crippen molar-refractivity contribution < 1.29 is 0 Å². The van der Waals surface area contributed by atoms with Gasteiger partial charge in [-0.2, -0.15) is 5.10 Å². The number of hydrogen-bond donors (Lipinski definition) is 1. The number of aryl methyl sites for hydroxylation is 1. The Morgan fingerprint density at radius 1 is 1.38 bits per heavy atom. The van der Waals surface area contributed by atoms with Crippen LogP contribution in [-0.4, -0.2) is 9.78 Å². The Labute approximate surface area is 104 Å². The van der Waals surface area contributed by atoms with Crippen LogP contribution in [0.3, 0.4) is 0 Å². The Bertz CT molecular complexity index is 520. The number of hydrogen-bond acceptors (Lipinski definition) is 2. The number of nitrogens with zero attached hydrogens (tertiary/aromatic N) is 2. The molecule has 0 aliphatic carbocycles. The standard InChI is InChI=1S/C11H11Cl2N3/c1-7-5-15-16(11(7)14)6-8-4-9(12)2-3-10(8)13/h2-5H,6,14H2,1H3. The summed E-state index contributed by atoms with van der Waals surface area (Å²) < 4.78 is 1.70. The molecule has 0 fully saturated rings. The number of aromatic nitrogens is 2. The lowest BCUT2D eigenvalue weighted by atomic mass is 10.2. The maximum atomic E-state index is 6.06. The summed E-state index contributed by atoms with van der Waals surface area (Å²) in [6.45, 7) is 2.44. The van der Waals surface area contributed by atoms with Crippen molar-refractivity contribution in [3.8, 4) is 0 Å². The molecule has 0 saturated carbocycles. The molecule has 3 nitrogen and oxygen atoms in total. The maximum Gasteiger partial charge on any atom is 0.124 e. The van der Waals surface area contributed by atoms with Gasteiger partial charge in [0.05, 0.1) is 12.7 Å². The van der Waals surface area contributed by atoms with Crippen LogP contribution in [0, 0.1) is 6.92 Å². The van der Waals surface area contributed by atoms with Gasteiger partial charge in [0.15, 0.2) is 0 Å². The lowest BCUT2D eigenvalue weighted by molar-refractivity contribution is 0.697. The van der Waals surface area contributed by atoms with Crippen molar-refractivity contribution in [3.05, 3.63) is 45.6 Å². The van der Waals surface area contributed by atoms with E-state index in [1.165, 1.54) is 0 Å². The minimum absolute atomic E-state index is 0.527. The van der Waals surface area contributed by atoms with Crippen LogP contribution in [0.25, 0.3) is 0 Å². The molecule has 0 aliphatic heterocycles. The monoisotopic (exact) mass is 255 g/mol. The lowest BCUT2D eigenvalue weighted by Gasteiger charge is -2.07. The number of benzene rings is 1. The molecule has 2 N–H and O–H groups in total. The third-order valence-corrected chi connectivity index (χ3v) is 3.00. The fraction of sp³-hybridized carbons (Fsp3) is 0.182. The molecule has 1 aromatic heterocycles. The second kappa shape index (κ2) is 4.36. The molecular weight excluding hydrogens is 245 g/mol. The lowest BCUT2D eigenvalue weighted by Crippen LogP contribution is -2.06. The van der Waals surface area contributed by atoms with E-state index in [-0.39, 0.29) is 0 Å². The van der Waals surface area contributed by atoms with Gasteiger partial charge < -0.3 is 5.73 Å². The molecule has 1 heterocycles. The summed E-state index contributed by atoms with van der Waals surface area (Å²) in [5, 5.41) is 5.49. The largest absolute Gasteiger partial charge is 0.384 e. The number of halogens is 2. The number of nitrogens with two attached hydrogens (primary N) is 1. The first kappa shape index (κ1) is 11.3. The highest BCUT2D eigenvalue weighted by atomic mass is 35.5. The topological polar surface area (TPSA) is 43.8 Å². The molecule has 0 amide bonds. The maximum absolute atomic E-state index is 6.06. The van der Waals surface area contributed by atoms with Crippen LogP contribution in [0.5, 0.6) is 0 Å². The Hall–Kier alpha value is -1.19. The zero-order valence-electron chi connectivity index (χ0n) is 8.74. The molecule has 0 saturated heterocycles. The van der Waals surface area contributed by atoms with Crippen LogP contribution in [0.2, 0.25) is 10.0 Å². The first-order chi connectivity index (χ1) is 7.58. The zero-order valence-corrected chi connectivity index (χ0v) is 10.3. The van der Waals surface area contributed by atoms with Crippen LogP contribution >= 0.6 is 23.2 Å². The van der Waals surface area contributed by atoms with Crippen LogP contribution in [0.15, 0.2) is 24.4 Å². The summed E-state index contributed by atoms with van der Waals surface area (Å²) in [4.78, 5) is 0. The minimum atomic E-state index is 0.527. The average molecular weight is 256 g/mol. The van der Waals surface area contributed by atoms with Crippen molar-refractivity contribution in [2.24, 2.45) is 0 Å². The Morgan fingerprint density at radius 3 is 2.75 bits per heavy atom. The molecule has 1 aromatic carbocycles. The van der Waals surface area contributed by atoms with Gasteiger partial charge in [-0.15, -0.1) is 0 Å². The van der Waals surface area contributed by atoms with E-state index in [0.29, 0.717) is 22.4 Å². The van der Waals surface area contributed by atoms with Gasteiger partial charge in [-0.3, -0.25) is 0 Å². The van der Waals surface area contributed by atoms with E-state index in [2.05, 4.69) is 5.10 Å². The molecule has 0 radical (unpaired) electrons. The fourth-order valence-corrected chi connectivity index (χ4v) is 1.81. The average Bonchev–Trinajstić information content (AvgIpc) is 2.55. The number of anilines is 1. The second-order valence-electron chi connectivity index (χ2n) is 3.61. The predicted molar refractivity (Wildman–Crippen MR) is 66.9 cm³/mol. The van der Waals surface area contributed by atoms with Crippen molar-refractivity contribution in [1.82, 2.24) is 9.78 Å². The van der Waals surface area contributed by atoms with Crippen molar-refractivity contribution in [2.75, 3.05) is 5.73 Å². The van der Waals surface area contributed by atoms with E-state index in [9.17, 15) is 0 Å². The molecule has 0 bridgehead atoms. The molecule has 84 valence electrons. The second-order valence-corrected chi connectivity index (χ2v) is 4.45. The van der Waals surface area contributed by atoms with Crippen molar-refractivity contribution in [2.45, 2.75) is 13.5 Å². The van der Waals surface area contributed by atoms with Gasteiger partial charge in [-0.05, 0) is 30.7 Å². The molecule has 2 aromatic rings. The minimum Gasteiger partial charge on any atom is -0.384 e. The molecule has 2 rings (SSSR count). The summed E-state index contributed by atoms with van der Waals surface area (Å²) in [5.41, 5.74) is 7.73. The van der Waals surface area contributed by atoms with Crippen molar-refractivity contribution in [1.29, 1.82) is 0 Å². The highest BCUT2D eigenvalue weighted by molar-refractivity contribution is 6.33. The van der Waals surface area contributed by atoms with Crippen molar-refractivity contribution >= 4 is 29.0 Å². The molecule has 16 heavy (non-hydrogen) atoms. The highest BCUT2D eigenvalue weighted by Gasteiger charge is 2.07. The smallest absolute Gasteiger partial charge is 0.124 e. The fourth-order valence-electron chi connectivity index (χ4n) is 1.44. The summed E-state index contributed by atoms with van der Waals surface area (Å²) in [7, 11) is 0. The summed E-state index contributed by atoms with van der Waals surface area (Å²) in [5.74, 6) is 0.649. The predicted octanol–water partition coefficient (Wildman–Crippen LogP) is 3.13. The SMILES string of the molecule is Cc1cnn(Cc2cc(Cl)ccc2Cl)c1N. The van der Waals surface area contributed by atoms with E-state index < -0.39 is 0 Å². The number of nitrogen functional groups attached to an aromatic ring is 1. The molecule has 0 aliphatic rings. The Morgan fingerprint density at radius 2 is 2.12 bits per heavy atom. The molecular formula is C11H11Cl2N3. The third-order valence-electron chi connectivity index (χ3n) is 2.40.